The van der Waals surface area contributed by atoms with Crippen molar-refractivity contribution in [2.24, 2.45) is 0 Å². The molecule has 1 saturated heterocycles. The lowest BCUT2D eigenvalue weighted by Gasteiger charge is -2.39. The van der Waals surface area contributed by atoms with Crippen molar-refractivity contribution in [3.8, 4) is 5.75 Å². The summed E-state index contributed by atoms with van der Waals surface area (Å²) in [6.07, 6.45) is -8.69. The Morgan fingerprint density at radius 1 is 0.829 bits per heavy atom. The zero-order valence-electron chi connectivity index (χ0n) is 24.3. The second kappa shape index (κ2) is 12.9. The average Bonchev–Trinajstić information content (AvgIpc) is 2.90. The molecule has 1 heterocycles. The van der Waals surface area contributed by atoms with E-state index in [0.29, 0.717) is 19.4 Å². The van der Waals surface area contributed by atoms with Gasteiger partial charge in [0.1, 0.15) is 12.5 Å². The van der Waals surface area contributed by atoms with Crippen LogP contribution in [-0.4, -0.2) is 44.8 Å². The molecule has 0 aromatic heterocycles. The predicted molar refractivity (Wildman–Crippen MR) is 144 cm³/mol. The Balaban J connectivity index is 1.79. The summed E-state index contributed by atoms with van der Waals surface area (Å²) in [5.41, 5.74) is -3.30. The van der Waals surface area contributed by atoms with E-state index in [2.05, 4.69) is 30.2 Å². The van der Waals surface area contributed by atoms with Gasteiger partial charge in [0.05, 0.1) is 6.61 Å². The molecular weight excluding hydrogens is 550 g/mol. The average molecular weight is 591 g/mol. The minimum absolute atomic E-state index is 0.144. The van der Waals surface area contributed by atoms with Crippen LogP contribution in [0.5, 0.6) is 5.75 Å². The van der Waals surface area contributed by atoms with E-state index in [1.165, 1.54) is 12.1 Å². The first-order valence-corrected chi connectivity index (χ1v) is 13.8. The van der Waals surface area contributed by atoms with Crippen LogP contribution < -0.4 is 4.74 Å². The van der Waals surface area contributed by atoms with E-state index in [0.717, 1.165) is 43.2 Å². The van der Waals surface area contributed by atoms with E-state index in [1.807, 2.05) is 31.2 Å². The number of ether oxygens (including phenoxy) is 4. The molecule has 0 aliphatic carbocycles. The highest BCUT2D eigenvalue weighted by atomic mass is 19.4. The molecule has 1 aliphatic rings. The standard InChI is InChI=1S/C31H40F6O4/c1-6-28(4,20-27(2,3)23-14-16-25(17-15-23)41-26-9-7-8-18-39-26)24-12-10-22(11-13-24)19-29(30(32,33)34,31(35,36)37)40-21-38-5/h10-17,26H,6-9,18-21H2,1-5H3. The van der Waals surface area contributed by atoms with Gasteiger partial charge in [-0.05, 0) is 65.3 Å². The van der Waals surface area contributed by atoms with Crippen molar-refractivity contribution in [1.29, 1.82) is 0 Å². The van der Waals surface area contributed by atoms with Gasteiger partial charge in [-0.15, -0.1) is 0 Å². The van der Waals surface area contributed by atoms with Crippen molar-refractivity contribution in [1.82, 2.24) is 0 Å². The highest BCUT2D eigenvalue weighted by Crippen LogP contribution is 2.48. The summed E-state index contributed by atoms with van der Waals surface area (Å²) in [6, 6.07) is 13.7. The van der Waals surface area contributed by atoms with Crippen LogP contribution in [-0.2, 0) is 31.5 Å². The van der Waals surface area contributed by atoms with Crippen molar-refractivity contribution < 1.29 is 45.3 Å². The molecule has 10 heteroatoms. The zero-order valence-corrected chi connectivity index (χ0v) is 24.3. The molecule has 2 aromatic carbocycles. The van der Waals surface area contributed by atoms with Crippen LogP contribution in [0.2, 0.25) is 0 Å². The normalized spacial score (nSPS) is 18.7. The second-order valence-electron chi connectivity index (χ2n) is 11.7. The minimum atomic E-state index is -5.70. The Hall–Kier alpha value is -2.30. The van der Waals surface area contributed by atoms with E-state index >= 15 is 0 Å². The summed E-state index contributed by atoms with van der Waals surface area (Å²) in [5, 5.41) is 0. The molecule has 1 fully saturated rings. The summed E-state index contributed by atoms with van der Waals surface area (Å²) < 4.78 is 103. The van der Waals surface area contributed by atoms with Gasteiger partial charge >= 0.3 is 12.4 Å². The topological polar surface area (TPSA) is 36.9 Å². The fourth-order valence-corrected chi connectivity index (χ4v) is 5.50. The van der Waals surface area contributed by atoms with Crippen molar-refractivity contribution >= 4 is 0 Å². The summed E-state index contributed by atoms with van der Waals surface area (Å²) in [6.45, 7) is 7.84. The molecule has 2 unspecified atom stereocenters. The third-order valence-electron chi connectivity index (χ3n) is 8.10. The fourth-order valence-electron chi connectivity index (χ4n) is 5.50. The second-order valence-corrected chi connectivity index (χ2v) is 11.7. The third kappa shape index (κ3) is 7.76. The lowest BCUT2D eigenvalue weighted by molar-refractivity contribution is -0.391. The molecule has 0 spiro atoms. The van der Waals surface area contributed by atoms with Crippen molar-refractivity contribution in [3.05, 3.63) is 65.2 Å². The van der Waals surface area contributed by atoms with Gasteiger partial charge in [-0.2, -0.15) is 26.3 Å². The van der Waals surface area contributed by atoms with Gasteiger partial charge in [-0.3, -0.25) is 0 Å². The van der Waals surface area contributed by atoms with Gasteiger partial charge in [0.25, 0.3) is 5.60 Å². The molecular formula is C31H40F6O4. The Labute approximate surface area is 238 Å². The highest BCUT2D eigenvalue weighted by molar-refractivity contribution is 5.35. The maximum Gasteiger partial charge on any atom is 0.426 e. The fraction of sp³-hybridized carbons (Fsp3) is 0.613. The molecule has 0 saturated carbocycles. The first kappa shape index (κ1) is 33.2. The zero-order chi connectivity index (χ0) is 30.5. The Bertz CT molecular complexity index is 1080. The molecule has 3 rings (SSSR count). The van der Waals surface area contributed by atoms with Crippen LogP contribution in [0.25, 0.3) is 0 Å². The third-order valence-corrected chi connectivity index (χ3v) is 8.10. The van der Waals surface area contributed by atoms with E-state index in [4.69, 9.17) is 9.47 Å². The molecule has 0 amide bonds. The van der Waals surface area contributed by atoms with Gasteiger partial charge in [-0.25, -0.2) is 0 Å². The number of methoxy groups -OCH3 is 1. The largest absolute Gasteiger partial charge is 0.465 e. The number of halogens is 6. The van der Waals surface area contributed by atoms with Gasteiger partial charge < -0.3 is 18.9 Å². The van der Waals surface area contributed by atoms with E-state index in [9.17, 15) is 26.3 Å². The maximum atomic E-state index is 13.8. The molecule has 0 radical (unpaired) electrons. The first-order valence-electron chi connectivity index (χ1n) is 13.8. The number of hydrogen-bond acceptors (Lipinski definition) is 4. The van der Waals surface area contributed by atoms with Crippen LogP contribution in [0.15, 0.2) is 48.5 Å². The van der Waals surface area contributed by atoms with Gasteiger partial charge in [0.2, 0.25) is 0 Å². The summed E-state index contributed by atoms with van der Waals surface area (Å²) >= 11 is 0. The summed E-state index contributed by atoms with van der Waals surface area (Å²) in [4.78, 5) is 0. The molecule has 41 heavy (non-hydrogen) atoms. The van der Waals surface area contributed by atoms with Gasteiger partial charge in [0.15, 0.2) is 6.29 Å². The van der Waals surface area contributed by atoms with Gasteiger partial charge in [0, 0.05) is 20.0 Å². The van der Waals surface area contributed by atoms with Crippen LogP contribution in [0.1, 0.15) is 76.5 Å². The van der Waals surface area contributed by atoms with E-state index in [-0.39, 0.29) is 17.3 Å². The minimum Gasteiger partial charge on any atom is -0.465 e. The number of alkyl halides is 6. The van der Waals surface area contributed by atoms with Crippen molar-refractivity contribution in [3.63, 3.8) is 0 Å². The molecule has 1 aliphatic heterocycles. The molecule has 4 nitrogen and oxygen atoms in total. The lowest BCUT2D eigenvalue weighted by atomic mass is 9.66. The lowest BCUT2D eigenvalue weighted by Crippen LogP contribution is -2.60. The smallest absolute Gasteiger partial charge is 0.426 e. The highest BCUT2D eigenvalue weighted by Gasteiger charge is 2.72. The summed E-state index contributed by atoms with van der Waals surface area (Å²) in [7, 11) is 0.966. The van der Waals surface area contributed by atoms with Crippen molar-refractivity contribution in [2.75, 3.05) is 20.5 Å². The first-order chi connectivity index (χ1) is 19.1. The van der Waals surface area contributed by atoms with E-state index in [1.54, 1.807) is 12.1 Å². The Morgan fingerprint density at radius 2 is 1.41 bits per heavy atom. The van der Waals surface area contributed by atoms with Crippen LogP contribution >= 0.6 is 0 Å². The molecule has 2 aromatic rings. The van der Waals surface area contributed by atoms with Crippen molar-refractivity contribution in [2.45, 2.75) is 101 Å². The van der Waals surface area contributed by atoms with Crippen LogP contribution in [0, 0.1) is 0 Å². The molecule has 0 N–H and O–H groups in total. The number of hydrogen-bond donors (Lipinski definition) is 0. The molecule has 2 atom stereocenters. The Morgan fingerprint density at radius 3 is 1.90 bits per heavy atom. The monoisotopic (exact) mass is 590 g/mol. The Kier molecular flexibility index (Phi) is 10.5. The quantitative estimate of drug-likeness (QED) is 0.183. The van der Waals surface area contributed by atoms with E-state index < -0.39 is 36.6 Å². The predicted octanol–water partition coefficient (Wildman–Crippen LogP) is 8.65. The molecule has 0 bridgehead atoms. The maximum absolute atomic E-state index is 13.8. The van der Waals surface area contributed by atoms with Crippen LogP contribution in [0.3, 0.4) is 0 Å². The van der Waals surface area contributed by atoms with Gasteiger partial charge in [-0.1, -0.05) is 64.1 Å². The number of rotatable bonds is 12. The van der Waals surface area contributed by atoms with Crippen LogP contribution in [0.4, 0.5) is 26.3 Å². The SMILES string of the molecule is CCC(C)(CC(C)(C)c1ccc(OC2CCCCO2)cc1)c1ccc(CC(OCOC)(C(F)(F)F)C(F)(F)F)cc1. The number of benzene rings is 2. The molecule has 230 valence electrons. The summed E-state index contributed by atoms with van der Waals surface area (Å²) in [5.74, 6) is 0.730.